The number of amides is 1. The molecule has 3 N–H and O–H groups in total. The highest BCUT2D eigenvalue weighted by Crippen LogP contribution is 2.27. The largest absolute Gasteiger partial charge is 0.364 e. The summed E-state index contributed by atoms with van der Waals surface area (Å²) < 4.78 is 5.56. The van der Waals surface area contributed by atoms with Gasteiger partial charge < -0.3 is 15.8 Å². The number of rotatable bonds is 5. The summed E-state index contributed by atoms with van der Waals surface area (Å²) in [5, 5.41) is 2.99. The zero-order valence-electron chi connectivity index (χ0n) is 10.5. The van der Waals surface area contributed by atoms with Gasteiger partial charge >= 0.3 is 0 Å². The van der Waals surface area contributed by atoms with Crippen molar-refractivity contribution in [3.05, 3.63) is 0 Å². The molecule has 1 amide bonds. The fourth-order valence-corrected chi connectivity index (χ4v) is 2.88. The molecule has 0 aromatic rings. The van der Waals surface area contributed by atoms with Crippen molar-refractivity contribution in [2.24, 2.45) is 11.7 Å². The van der Waals surface area contributed by atoms with Gasteiger partial charge in [0.2, 0.25) is 5.91 Å². The summed E-state index contributed by atoms with van der Waals surface area (Å²) in [5.41, 5.74) is 5.52. The summed E-state index contributed by atoms with van der Waals surface area (Å²) in [4.78, 5) is 11.8. The van der Waals surface area contributed by atoms with Crippen molar-refractivity contribution < 1.29 is 9.53 Å². The van der Waals surface area contributed by atoms with Crippen LogP contribution in [-0.2, 0) is 9.53 Å². The van der Waals surface area contributed by atoms with E-state index in [-0.39, 0.29) is 18.1 Å². The van der Waals surface area contributed by atoms with Gasteiger partial charge in [0, 0.05) is 13.1 Å². The second-order valence-corrected chi connectivity index (χ2v) is 5.29. The van der Waals surface area contributed by atoms with Crippen LogP contribution in [0.15, 0.2) is 0 Å². The second kappa shape index (κ2) is 6.36. The molecule has 98 valence electrons. The van der Waals surface area contributed by atoms with Gasteiger partial charge in [0.05, 0.1) is 6.10 Å². The number of carbonyl (C=O) groups is 1. The third-order valence-electron chi connectivity index (χ3n) is 3.99. The van der Waals surface area contributed by atoms with Gasteiger partial charge in [0.25, 0.3) is 0 Å². The highest BCUT2D eigenvalue weighted by molar-refractivity contribution is 5.80. The molecule has 1 saturated heterocycles. The molecule has 1 saturated carbocycles. The Hall–Kier alpha value is -0.610. The fraction of sp³-hybridized carbons (Fsp3) is 0.923. The van der Waals surface area contributed by atoms with Gasteiger partial charge in [-0.15, -0.1) is 0 Å². The van der Waals surface area contributed by atoms with E-state index in [2.05, 4.69) is 5.32 Å². The molecule has 0 spiro atoms. The summed E-state index contributed by atoms with van der Waals surface area (Å²) in [6.07, 6.45) is 8.08. The van der Waals surface area contributed by atoms with E-state index in [0.29, 0.717) is 6.54 Å². The van der Waals surface area contributed by atoms with Crippen LogP contribution in [0.1, 0.15) is 44.9 Å². The van der Waals surface area contributed by atoms with Crippen LogP contribution < -0.4 is 11.1 Å². The van der Waals surface area contributed by atoms with E-state index in [1.165, 1.54) is 25.7 Å². The van der Waals surface area contributed by atoms with E-state index >= 15 is 0 Å². The van der Waals surface area contributed by atoms with Crippen LogP contribution in [0.4, 0.5) is 0 Å². The number of ether oxygens (including phenoxy) is 1. The second-order valence-electron chi connectivity index (χ2n) is 5.29. The SMILES string of the molecule is NCC1CCC(C(=O)NCCC2CCCC2)O1. The molecule has 0 aromatic heterocycles. The lowest BCUT2D eigenvalue weighted by atomic mass is 10.0. The average molecular weight is 240 g/mol. The summed E-state index contributed by atoms with van der Waals surface area (Å²) >= 11 is 0. The number of hydrogen-bond acceptors (Lipinski definition) is 3. The maximum absolute atomic E-state index is 11.8. The maximum atomic E-state index is 11.8. The van der Waals surface area contributed by atoms with E-state index in [9.17, 15) is 4.79 Å². The number of hydrogen-bond donors (Lipinski definition) is 2. The first-order valence-corrected chi connectivity index (χ1v) is 6.93. The molecule has 2 rings (SSSR count). The molecule has 2 fully saturated rings. The lowest BCUT2D eigenvalue weighted by Gasteiger charge is -2.14. The van der Waals surface area contributed by atoms with E-state index in [1.54, 1.807) is 0 Å². The van der Waals surface area contributed by atoms with Gasteiger partial charge in [-0.3, -0.25) is 4.79 Å². The van der Waals surface area contributed by atoms with Crippen molar-refractivity contribution in [2.45, 2.75) is 57.2 Å². The Kier molecular flexibility index (Phi) is 4.80. The predicted molar refractivity (Wildman–Crippen MR) is 66.5 cm³/mol. The van der Waals surface area contributed by atoms with Gasteiger partial charge in [-0.2, -0.15) is 0 Å². The van der Waals surface area contributed by atoms with Gasteiger partial charge in [0.15, 0.2) is 0 Å². The highest BCUT2D eigenvalue weighted by atomic mass is 16.5. The van der Waals surface area contributed by atoms with Gasteiger partial charge in [-0.1, -0.05) is 25.7 Å². The Labute approximate surface area is 103 Å². The van der Waals surface area contributed by atoms with Gasteiger partial charge in [-0.05, 0) is 25.2 Å². The number of carbonyl (C=O) groups excluding carboxylic acids is 1. The summed E-state index contributed by atoms with van der Waals surface area (Å²) in [5.74, 6) is 0.885. The van der Waals surface area contributed by atoms with Crippen LogP contribution in [0.25, 0.3) is 0 Å². The monoisotopic (exact) mass is 240 g/mol. The number of nitrogens with two attached hydrogens (primary N) is 1. The third-order valence-corrected chi connectivity index (χ3v) is 3.99. The number of nitrogens with one attached hydrogen (secondary N) is 1. The topological polar surface area (TPSA) is 64.4 Å². The summed E-state index contributed by atoms with van der Waals surface area (Å²) in [6.45, 7) is 1.32. The molecule has 1 aliphatic carbocycles. The lowest BCUT2D eigenvalue weighted by molar-refractivity contribution is -0.131. The maximum Gasteiger partial charge on any atom is 0.249 e. The van der Waals surface area contributed by atoms with Crippen LogP contribution in [-0.4, -0.2) is 31.2 Å². The molecule has 2 aliphatic rings. The zero-order valence-corrected chi connectivity index (χ0v) is 10.5. The molecule has 0 aromatic carbocycles. The van der Waals surface area contributed by atoms with Gasteiger partial charge in [0.1, 0.15) is 6.10 Å². The Morgan fingerprint density at radius 2 is 2.00 bits per heavy atom. The molecule has 1 heterocycles. The molecule has 0 bridgehead atoms. The average Bonchev–Trinajstić information content (AvgIpc) is 2.99. The van der Waals surface area contributed by atoms with E-state index in [4.69, 9.17) is 10.5 Å². The van der Waals surface area contributed by atoms with Crippen molar-refractivity contribution >= 4 is 5.91 Å². The van der Waals surface area contributed by atoms with E-state index in [1.807, 2.05) is 0 Å². The van der Waals surface area contributed by atoms with E-state index < -0.39 is 0 Å². The van der Waals surface area contributed by atoms with Crippen LogP contribution in [0.2, 0.25) is 0 Å². The molecule has 2 atom stereocenters. The minimum Gasteiger partial charge on any atom is -0.364 e. The van der Waals surface area contributed by atoms with Crippen molar-refractivity contribution in [3.63, 3.8) is 0 Å². The standard InChI is InChI=1S/C13H24N2O2/c14-9-11-5-6-12(17-11)13(16)15-8-7-10-3-1-2-4-10/h10-12H,1-9,14H2,(H,15,16). The first-order chi connectivity index (χ1) is 8.29. The Balaban J connectivity index is 1.60. The smallest absolute Gasteiger partial charge is 0.249 e. The molecule has 2 unspecified atom stereocenters. The van der Waals surface area contributed by atoms with Crippen molar-refractivity contribution in [3.8, 4) is 0 Å². The highest BCUT2D eigenvalue weighted by Gasteiger charge is 2.29. The quantitative estimate of drug-likeness (QED) is 0.758. The Morgan fingerprint density at radius 3 is 2.65 bits per heavy atom. The third kappa shape index (κ3) is 3.68. The first-order valence-electron chi connectivity index (χ1n) is 6.93. The van der Waals surface area contributed by atoms with Gasteiger partial charge in [-0.25, -0.2) is 0 Å². The lowest BCUT2D eigenvalue weighted by Crippen LogP contribution is -2.36. The molecular formula is C13H24N2O2. The van der Waals surface area contributed by atoms with Crippen LogP contribution in [0, 0.1) is 5.92 Å². The fourth-order valence-electron chi connectivity index (χ4n) is 2.88. The summed E-state index contributed by atoms with van der Waals surface area (Å²) in [6, 6.07) is 0. The molecule has 4 heteroatoms. The van der Waals surface area contributed by atoms with Crippen molar-refractivity contribution in [2.75, 3.05) is 13.1 Å². The molecule has 4 nitrogen and oxygen atoms in total. The normalized spacial score (nSPS) is 29.7. The Bertz CT molecular complexity index is 252. The van der Waals surface area contributed by atoms with Crippen molar-refractivity contribution in [1.29, 1.82) is 0 Å². The molecule has 0 radical (unpaired) electrons. The van der Waals surface area contributed by atoms with E-state index in [0.717, 1.165) is 31.7 Å². The molecule has 1 aliphatic heterocycles. The van der Waals surface area contributed by atoms with Crippen LogP contribution >= 0.6 is 0 Å². The van der Waals surface area contributed by atoms with Crippen LogP contribution in [0.5, 0.6) is 0 Å². The first kappa shape index (κ1) is 12.8. The van der Waals surface area contributed by atoms with Crippen LogP contribution in [0.3, 0.4) is 0 Å². The summed E-state index contributed by atoms with van der Waals surface area (Å²) in [7, 11) is 0. The zero-order chi connectivity index (χ0) is 12.1. The minimum atomic E-state index is -0.257. The predicted octanol–water partition coefficient (Wildman–Crippen LogP) is 1.19. The van der Waals surface area contributed by atoms with Crippen molar-refractivity contribution in [1.82, 2.24) is 5.32 Å². The Morgan fingerprint density at radius 1 is 1.24 bits per heavy atom. The molecule has 17 heavy (non-hydrogen) atoms. The molecular weight excluding hydrogens is 216 g/mol. The minimum absolute atomic E-state index is 0.0546.